The van der Waals surface area contributed by atoms with Gasteiger partial charge in [-0.05, 0) is 29.5 Å². The minimum Gasteiger partial charge on any atom is -0.343 e. The van der Waals surface area contributed by atoms with Gasteiger partial charge in [0, 0.05) is 22.5 Å². The molecule has 1 rings (SSSR count). The van der Waals surface area contributed by atoms with E-state index < -0.39 is 0 Å². The zero-order chi connectivity index (χ0) is 11.4. The standard InChI is InChI=1S/C12H16BrNO/c1-8(2)10-5-4-9(3)11(6-10)7-14-12(13)15/h4-6,8H,7H2,1-3H3,(H,14,15). The highest BCUT2D eigenvalue weighted by molar-refractivity contribution is 9.18. The summed E-state index contributed by atoms with van der Waals surface area (Å²) in [5.74, 6) is 0.518. The number of benzene rings is 1. The lowest BCUT2D eigenvalue weighted by molar-refractivity contribution is 0.261. The molecule has 0 saturated heterocycles. The van der Waals surface area contributed by atoms with E-state index in [4.69, 9.17) is 0 Å². The molecule has 0 atom stereocenters. The minimum absolute atomic E-state index is 0.170. The fourth-order valence-corrected chi connectivity index (χ4v) is 1.55. The Morgan fingerprint density at radius 1 is 1.47 bits per heavy atom. The molecule has 0 heterocycles. The predicted octanol–water partition coefficient (Wildman–Crippen LogP) is 3.72. The smallest absolute Gasteiger partial charge is 0.287 e. The number of hydrogen-bond acceptors (Lipinski definition) is 1. The Balaban J connectivity index is 2.85. The van der Waals surface area contributed by atoms with Crippen molar-refractivity contribution in [3.05, 3.63) is 34.9 Å². The van der Waals surface area contributed by atoms with Crippen LogP contribution in [-0.2, 0) is 6.54 Å². The average Bonchev–Trinajstić information content (AvgIpc) is 2.16. The van der Waals surface area contributed by atoms with Crippen LogP contribution in [0.25, 0.3) is 0 Å². The normalized spacial score (nSPS) is 10.5. The van der Waals surface area contributed by atoms with Gasteiger partial charge in [-0.1, -0.05) is 32.0 Å². The molecule has 1 aromatic rings. The van der Waals surface area contributed by atoms with Gasteiger partial charge in [0.15, 0.2) is 0 Å². The lowest BCUT2D eigenvalue weighted by Gasteiger charge is -2.11. The summed E-state index contributed by atoms with van der Waals surface area (Å²) in [6, 6.07) is 6.40. The average molecular weight is 270 g/mol. The molecule has 0 radical (unpaired) electrons. The maximum Gasteiger partial charge on any atom is 0.287 e. The molecule has 0 saturated carbocycles. The zero-order valence-corrected chi connectivity index (χ0v) is 10.9. The lowest BCUT2D eigenvalue weighted by atomic mass is 9.98. The highest BCUT2D eigenvalue weighted by Gasteiger charge is 2.04. The SMILES string of the molecule is Cc1ccc(C(C)C)cc1CNC(=O)Br. The van der Waals surface area contributed by atoms with Crippen LogP contribution in [0, 0.1) is 6.92 Å². The van der Waals surface area contributed by atoms with Gasteiger partial charge >= 0.3 is 0 Å². The molecule has 0 aliphatic carbocycles. The molecule has 0 aromatic heterocycles. The number of hydrogen-bond donors (Lipinski definition) is 1. The molecule has 1 aromatic carbocycles. The second-order valence-corrected chi connectivity index (χ2v) is 4.69. The molecule has 2 nitrogen and oxygen atoms in total. The summed E-state index contributed by atoms with van der Waals surface area (Å²) >= 11 is 2.85. The zero-order valence-electron chi connectivity index (χ0n) is 9.30. The first-order chi connectivity index (χ1) is 7.00. The van der Waals surface area contributed by atoms with E-state index >= 15 is 0 Å². The molecule has 15 heavy (non-hydrogen) atoms. The van der Waals surface area contributed by atoms with Crippen molar-refractivity contribution >= 4 is 20.7 Å². The highest BCUT2D eigenvalue weighted by Crippen LogP contribution is 2.18. The van der Waals surface area contributed by atoms with Gasteiger partial charge in [0.2, 0.25) is 0 Å². The quantitative estimate of drug-likeness (QED) is 0.658. The number of aryl methyl sites for hydroxylation is 1. The predicted molar refractivity (Wildman–Crippen MR) is 66.4 cm³/mol. The summed E-state index contributed by atoms with van der Waals surface area (Å²) in [4.78, 5) is 10.6. The summed E-state index contributed by atoms with van der Waals surface area (Å²) < 4.78 is 0. The van der Waals surface area contributed by atoms with E-state index in [2.05, 4.69) is 60.2 Å². The molecule has 0 aliphatic rings. The van der Waals surface area contributed by atoms with Gasteiger partial charge < -0.3 is 5.32 Å². The van der Waals surface area contributed by atoms with E-state index in [1.165, 1.54) is 16.7 Å². The van der Waals surface area contributed by atoms with E-state index in [0.29, 0.717) is 12.5 Å². The van der Waals surface area contributed by atoms with Crippen LogP contribution in [0.2, 0.25) is 0 Å². The molecular formula is C12H16BrNO. The maximum absolute atomic E-state index is 10.8. The van der Waals surface area contributed by atoms with Crippen molar-refractivity contribution in [1.82, 2.24) is 5.32 Å². The first kappa shape index (κ1) is 12.2. The third kappa shape index (κ3) is 3.67. The van der Waals surface area contributed by atoms with E-state index in [9.17, 15) is 4.79 Å². The van der Waals surface area contributed by atoms with E-state index in [0.717, 1.165) is 0 Å². The molecule has 0 bridgehead atoms. The molecular weight excluding hydrogens is 254 g/mol. The van der Waals surface area contributed by atoms with Crippen molar-refractivity contribution < 1.29 is 4.79 Å². The van der Waals surface area contributed by atoms with E-state index in [1.807, 2.05) is 0 Å². The Kier molecular flexibility index (Phi) is 4.33. The van der Waals surface area contributed by atoms with Gasteiger partial charge in [-0.15, -0.1) is 0 Å². The minimum atomic E-state index is -0.170. The third-order valence-electron chi connectivity index (χ3n) is 2.46. The molecule has 0 spiro atoms. The van der Waals surface area contributed by atoms with Crippen molar-refractivity contribution in [1.29, 1.82) is 0 Å². The van der Waals surface area contributed by atoms with Crippen LogP contribution >= 0.6 is 15.9 Å². The van der Waals surface area contributed by atoms with Gasteiger partial charge in [0.25, 0.3) is 4.82 Å². The number of carbonyl (C=O) groups excluding carboxylic acids is 1. The number of halogens is 1. The van der Waals surface area contributed by atoms with Crippen molar-refractivity contribution in [2.24, 2.45) is 0 Å². The Bertz CT molecular complexity index is 361. The van der Waals surface area contributed by atoms with Crippen molar-refractivity contribution in [2.45, 2.75) is 33.2 Å². The van der Waals surface area contributed by atoms with Crippen LogP contribution in [-0.4, -0.2) is 4.82 Å². The summed E-state index contributed by atoms with van der Waals surface area (Å²) in [6.07, 6.45) is 0. The first-order valence-corrected chi connectivity index (χ1v) is 5.82. The summed E-state index contributed by atoms with van der Waals surface area (Å²) in [7, 11) is 0. The molecule has 1 amide bonds. The first-order valence-electron chi connectivity index (χ1n) is 5.03. The Hall–Kier alpha value is -0.830. The van der Waals surface area contributed by atoms with Gasteiger partial charge in [-0.2, -0.15) is 0 Å². The molecule has 0 unspecified atom stereocenters. The van der Waals surface area contributed by atoms with Gasteiger partial charge in [-0.25, -0.2) is 0 Å². The highest BCUT2D eigenvalue weighted by atomic mass is 79.9. The lowest BCUT2D eigenvalue weighted by Crippen LogP contribution is -2.16. The number of rotatable bonds is 3. The fourth-order valence-electron chi connectivity index (χ4n) is 1.41. The summed E-state index contributed by atoms with van der Waals surface area (Å²) in [6.45, 7) is 6.96. The number of carbonyl (C=O) groups is 1. The van der Waals surface area contributed by atoms with E-state index in [-0.39, 0.29) is 4.82 Å². The van der Waals surface area contributed by atoms with Gasteiger partial charge in [0.05, 0.1) is 0 Å². The van der Waals surface area contributed by atoms with Gasteiger partial charge in [0.1, 0.15) is 0 Å². The van der Waals surface area contributed by atoms with Crippen LogP contribution in [0.15, 0.2) is 18.2 Å². The second-order valence-electron chi connectivity index (χ2n) is 3.97. The van der Waals surface area contributed by atoms with Crippen LogP contribution in [0.3, 0.4) is 0 Å². The topological polar surface area (TPSA) is 29.1 Å². The molecule has 3 heteroatoms. The Morgan fingerprint density at radius 2 is 2.13 bits per heavy atom. The molecule has 0 fully saturated rings. The second kappa shape index (κ2) is 5.31. The largest absolute Gasteiger partial charge is 0.343 e. The summed E-state index contributed by atoms with van der Waals surface area (Å²) in [5, 5.41) is 2.75. The van der Waals surface area contributed by atoms with E-state index in [1.54, 1.807) is 0 Å². The Morgan fingerprint density at radius 3 is 2.67 bits per heavy atom. The van der Waals surface area contributed by atoms with Gasteiger partial charge in [-0.3, -0.25) is 4.79 Å². The fraction of sp³-hybridized carbons (Fsp3) is 0.417. The maximum atomic E-state index is 10.8. The van der Waals surface area contributed by atoms with Crippen LogP contribution in [0.1, 0.15) is 36.5 Å². The molecule has 1 N–H and O–H groups in total. The summed E-state index contributed by atoms with van der Waals surface area (Å²) in [5.41, 5.74) is 3.69. The van der Waals surface area contributed by atoms with Crippen molar-refractivity contribution in [2.75, 3.05) is 0 Å². The number of nitrogens with one attached hydrogen (secondary N) is 1. The third-order valence-corrected chi connectivity index (χ3v) is 2.74. The molecule has 0 aliphatic heterocycles. The monoisotopic (exact) mass is 269 g/mol. The van der Waals surface area contributed by atoms with Crippen molar-refractivity contribution in [3.63, 3.8) is 0 Å². The van der Waals surface area contributed by atoms with Crippen LogP contribution in [0.4, 0.5) is 4.79 Å². The number of amides is 1. The van der Waals surface area contributed by atoms with Crippen LogP contribution < -0.4 is 5.32 Å². The Labute approximate surface area is 99.2 Å². The molecule has 82 valence electrons. The van der Waals surface area contributed by atoms with Crippen LogP contribution in [0.5, 0.6) is 0 Å². The van der Waals surface area contributed by atoms with Crippen molar-refractivity contribution in [3.8, 4) is 0 Å².